The summed E-state index contributed by atoms with van der Waals surface area (Å²) in [6, 6.07) is 18.3. The maximum atomic E-state index is 14.0. The summed E-state index contributed by atoms with van der Waals surface area (Å²) in [6.45, 7) is 0.731. The van der Waals surface area contributed by atoms with E-state index in [1.54, 1.807) is 48.5 Å². The van der Waals surface area contributed by atoms with Crippen LogP contribution in [-0.2, 0) is 20.8 Å². The van der Waals surface area contributed by atoms with E-state index < -0.39 is 46.1 Å². The molecule has 11 heteroatoms. The number of fused-ring (bicyclic) bond motifs is 2. The predicted octanol–water partition coefficient (Wildman–Crippen LogP) is 2.88. The van der Waals surface area contributed by atoms with Gasteiger partial charge in [0.1, 0.15) is 18.8 Å². The van der Waals surface area contributed by atoms with Crippen LogP contribution in [0.5, 0.6) is 11.5 Å². The van der Waals surface area contributed by atoms with Gasteiger partial charge < -0.3 is 14.6 Å². The molecule has 3 aliphatic rings. The zero-order valence-corrected chi connectivity index (χ0v) is 20.5. The molecule has 2 N–H and O–H groups in total. The minimum absolute atomic E-state index is 0.0218. The molecule has 3 aromatic carbocycles. The SMILES string of the molecule is O=C1C2C(c3ccc4c(c3)OCCO4)NC(Cc3ccccc3)(C(=O)O)C2C(=O)N1c1cccc([N+](=O)[O-])c1. The van der Waals surface area contributed by atoms with Gasteiger partial charge in [0, 0.05) is 24.6 Å². The minimum Gasteiger partial charge on any atom is -0.486 e. The third-order valence-corrected chi connectivity index (χ3v) is 7.59. The monoisotopic (exact) mass is 529 g/mol. The van der Waals surface area contributed by atoms with Crippen LogP contribution in [-0.4, -0.2) is 46.6 Å². The molecule has 0 saturated carbocycles. The van der Waals surface area contributed by atoms with E-state index in [2.05, 4.69) is 5.32 Å². The number of nitro benzene ring substituents is 1. The van der Waals surface area contributed by atoms with Crippen LogP contribution in [0.1, 0.15) is 17.2 Å². The molecule has 2 fully saturated rings. The lowest BCUT2D eigenvalue weighted by molar-refractivity contribution is -0.384. The molecule has 11 nitrogen and oxygen atoms in total. The second-order valence-electron chi connectivity index (χ2n) is 9.76. The van der Waals surface area contributed by atoms with Crippen LogP contribution in [0, 0.1) is 22.0 Å². The van der Waals surface area contributed by atoms with Crippen LogP contribution < -0.4 is 19.7 Å². The lowest BCUT2D eigenvalue weighted by Crippen LogP contribution is -2.57. The number of anilines is 1. The number of aliphatic carboxylic acids is 1. The van der Waals surface area contributed by atoms with Crippen molar-refractivity contribution >= 4 is 29.2 Å². The normalized spacial score (nSPS) is 25.4. The number of hydrogen-bond donors (Lipinski definition) is 2. The van der Waals surface area contributed by atoms with E-state index in [1.807, 2.05) is 0 Å². The molecule has 0 radical (unpaired) electrons. The van der Waals surface area contributed by atoms with Crippen molar-refractivity contribution in [3.63, 3.8) is 0 Å². The standard InChI is InChI=1S/C28H23N3O8/c32-25-22-23(26(33)30(25)18-7-4-8-19(14-18)31(36)37)28(27(34)35,15-16-5-2-1-3-6-16)29-24(22)17-9-10-20-21(13-17)39-12-11-38-20/h1-10,13-14,22-24,29H,11-12,15H2,(H,34,35). The van der Waals surface area contributed by atoms with Gasteiger partial charge in [-0.15, -0.1) is 0 Å². The van der Waals surface area contributed by atoms with Gasteiger partial charge in [-0.25, -0.2) is 4.90 Å². The van der Waals surface area contributed by atoms with Crippen LogP contribution in [0.2, 0.25) is 0 Å². The number of rotatable bonds is 6. The topological polar surface area (TPSA) is 148 Å². The zero-order valence-electron chi connectivity index (χ0n) is 20.5. The summed E-state index contributed by atoms with van der Waals surface area (Å²) in [5.74, 6) is -4.01. The fourth-order valence-electron chi connectivity index (χ4n) is 5.90. The predicted molar refractivity (Wildman–Crippen MR) is 136 cm³/mol. The fourth-order valence-corrected chi connectivity index (χ4v) is 5.90. The molecule has 39 heavy (non-hydrogen) atoms. The third-order valence-electron chi connectivity index (χ3n) is 7.59. The van der Waals surface area contributed by atoms with Crippen LogP contribution in [0.25, 0.3) is 0 Å². The number of carboxylic acids is 1. The van der Waals surface area contributed by atoms with Gasteiger partial charge in [-0.3, -0.25) is 29.8 Å². The fraction of sp³-hybridized carbons (Fsp3) is 0.250. The average Bonchev–Trinajstić information content (AvgIpc) is 3.42. The first-order chi connectivity index (χ1) is 18.8. The maximum absolute atomic E-state index is 14.0. The Morgan fingerprint density at radius 3 is 2.46 bits per heavy atom. The first-order valence-corrected chi connectivity index (χ1v) is 12.4. The molecule has 4 unspecified atom stereocenters. The van der Waals surface area contributed by atoms with E-state index in [-0.39, 0.29) is 17.8 Å². The van der Waals surface area contributed by atoms with Crippen molar-refractivity contribution in [1.29, 1.82) is 0 Å². The van der Waals surface area contributed by atoms with E-state index in [4.69, 9.17) is 9.47 Å². The number of carbonyl (C=O) groups is 3. The van der Waals surface area contributed by atoms with Crippen molar-refractivity contribution in [3.8, 4) is 11.5 Å². The average molecular weight is 530 g/mol. The Balaban J connectivity index is 1.49. The molecule has 3 aromatic rings. The number of imide groups is 1. The van der Waals surface area contributed by atoms with Gasteiger partial charge in [-0.2, -0.15) is 0 Å². The summed E-state index contributed by atoms with van der Waals surface area (Å²) in [7, 11) is 0. The van der Waals surface area contributed by atoms with Crippen molar-refractivity contribution < 1.29 is 33.9 Å². The van der Waals surface area contributed by atoms with Crippen molar-refractivity contribution in [2.75, 3.05) is 18.1 Å². The lowest BCUT2D eigenvalue weighted by atomic mass is 9.76. The van der Waals surface area contributed by atoms with Crippen LogP contribution in [0.4, 0.5) is 11.4 Å². The molecule has 3 aliphatic heterocycles. The van der Waals surface area contributed by atoms with Crippen molar-refractivity contribution in [2.45, 2.75) is 18.0 Å². The third kappa shape index (κ3) is 3.89. The summed E-state index contributed by atoms with van der Waals surface area (Å²) >= 11 is 0. The zero-order chi connectivity index (χ0) is 27.3. The second kappa shape index (κ2) is 9.21. The highest BCUT2D eigenvalue weighted by Crippen LogP contribution is 2.52. The van der Waals surface area contributed by atoms with E-state index in [0.717, 1.165) is 11.0 Å². The Morgan fingerprint density at radius 1 is 1.00 bits per heavy atom. The number of nitrogens with zero attached hydrogens (tertiary/aromatic N) is 2. The molecule has 3 heterocycles. The summed E-state index contributed by atoms with van der Waals surface area (Å²) in [5.41, 5.74) is -0.865. The van der Waals surface area contributed by atoms with E-state index in [1.165, 1.54) is 18.2 Å². The molecule has 6 rings (SSSR count). The highest BCUT2D eigenvalue weighted by Gasteiger charge is 2.68. The Bertz CT molecular complexity index is 1510. The highest BCUT2D eigenvalue weighted by atomic mass is 16.6. The number of ether oxygens (including phenoxy) is 2. The summed E-state index contributed by atoms with van der Waals surface area (Å²) in [5, 5.41) is 25.2. The first-order valence-electron chi connectivity index (χ1n) is 12.4. The van der Waals surface area contributed by atoms with E-state index in [0.29, 0.717) is 35.8 Å². The molecular formula is C28H23N3O8. The molecule has 2 saturated heterocycles. The molecular weight excluding hydrogens is 506 g/mol. The van der Waals surface area contributed by atoms with Crippen molar-refractivity contribution in [1.82, 2.24) is 5.32 Å². The molecule has 2 amide bonds. The Labute approximate surface area is 222 Å². The Morgan fingerprint density at radius 2 is 1.74 bits per heavy atom. The van der Waals surface area contributed by atoms with Gasteiger partial charge in [0.25, 0.3) is 5.69 Å². The maximum Gasteiger partial charge on any atom is 0.325 e. The number of nitrogens with one attached hydrogen (secondary N) is 1. The van der Waals surface area contributed by atoms with E-state index >= 15 is 0 Å². The smallest absolute Gasteiger partial charge is 0.325 e. The van der Waals surface area contributed by atoms with Gasteiger partial charge in [-0.1, -0.05) is 42.5 Å². The van der Waals surface area contributed by atoms with Crippen LogP contribution in [0.15, 0.2) is 72.8 Å². The highest BCUT2D eigenvalue weighted by molar-refractivity contribution is 6.24. The van der Waals surface area contributed by atoms with Gasteiger partial charge in [0.15, 0.2) is 11.5 Å². The molecule has 198 valence electrons. The summed E-state index contributed by atoms with van der Waals surface area (Å²) < 4.78 is 11.3. The number of carbonyl (C=O) groups excluding carboxylic acids is 2. The summed E-state index contributed by atoms with van der Waals surface area (Å²) in [6.07, 6.45) is -0.0623. The molecule has 0 bridgehead atoms. The number of amides is 2. The number of nitro groups is 1. The van der Waals surface area contributed by atoms with E-state index in [9.17, 15) is 29.6 Å². The molecule has 0 aliphatic carbocycles. The van der Waals surface area contributed by atoms with Crippen molar-refractivity contribution in [3.05, 3.63) is 94.0 Å². The van der Waals surface area contributed by atoms with Gasteiger partial charge >= 0.3 is 5.97 Å². The van der Waals surface area contributed by atoms with Crippen LogP contribution >= 0.6 is 0 Å². The lowest BCUT2D eigenvalue weighted by Gasteiger charge is -2.31. The first kappa shape index (κ1) is 24.6. The minimum atomic E-state index is -1.83. The number of benzene rings is 3. The number of non-ortho nitro benzene ring substituents is 1. The molecule has 0 spiro atoms. The molecule has 4 atom stereocenters. The van der Waals surface area contributed by atoms with Crippen LogP contribution in [0.3, 0.4) is 0 Å². The van der Waals surface area contributed by atoms with Gasteiger partial charge in [0.05, 0.1) is 22.4 Å². The Hall–Kier alpha value is -4.77. The Kier molecular flexibility index (Phi) is 5.80. The molecule has 0 aromatic heterocycles. The van der Waals surface area contributed by atoms with Gasteiger partial charge in [0.2, 0.25) is 11.8 Å². The number of carboxylic acid groups (broad SMARTS) is 1. The van der Waals surface area contributed by atoms with Crippen molar-refractivity contribution in [2.24, 2.45) is 11.8 Å². The number of hydrogen-bond acceptors (Lipinski definition) is 8. The van der Waals surface area contributed by atoms with Gasteiger partial charge in [-0.05, 0) is 29.3 Å². The second-order valence-corrected chi connectivity index (χ2v) is 9.76. The largest absolute Gasteiger partial charge is 0.486 e. The quantitative estimate of drug-likeness (QED) is 0.279. The summed E-state index contributed by atoms with van der Waals surface area (Å²) in [4.78, 5) is 52.6.